The fourth-order valence-corrected chi connectivity index (χ4v) is 2.59. The van der Waals surface area contributed by atoms with Crippen molar-refractivity contribution in [3.8, 4) is 5.75 Å². The highest BCUT2D eigenvalue weighted by Crippen LogP contribution is 2.18. The molecule has 0 fully saturated rings. The quantitative estimate of drug-likeness (QED) is 0.719. The van der Waals surface area contributed by atoms with E-state index in [1.54, 1.807) is 12.1 Å². The van der Waals surface area contributed by atoms with Gasteiger partial charge in [-0.15, -0.1) is 0 Å². The monoisotopic (exact) mass is 375 g/mol. The van der Waals surface area contributed by atoms with Crippen LogP contribution in [-0.2, 0) is 20.7 Å². The van der Waals surface area contributed by atoms with E-state index < -0.39 is 5.97 Å². The minimum Gasteiger partial charge on any atom is -0.482 e. The fraction of sp³-hybridized carbons (Fsp3) is 0.300. The van der Waals surface area contributed by atoms with Crippen molar-refractivity contribution in [3.63, 3.8) is 0 Å². The van der Waals surface area contributed by atoms with Crippen LogP contribution in [0.4, 0.5) is 0 Å². The molecule has 0 heterocycles. The number of carbonyl (C=O) groups is 2. The highest BCUT2D eigenvalue weighted by Gasteiger charge is 2.09. The number of amides is 1. The maximum Gasteiger partial charge on any atom is 0.344 e. The van der Waals surface area contributed by atoms with Gasteiger partial charge >= 0.3 is 5.97 Å². The van der Waals surface area contributed by atoms with E-state index in [-0.39, 0.29) is 19.1 Å². The fourth-order valence-electron chi connectivity index (χ4n) is 2.38. The molecule has 6 heteroatoms. The van der Waals surface area contributed by atoms with Gasteiger partial charge in [0, 0.05) is 11.6 Å². The van der Waals surface area contributed by atoms with Crippen molar-refractivity contribution >= 4 is 23.5 Å². The summed E-state index contributed by atoms with van der Waals surface area (Å²) in [4.78, 5) is 23.4. The number of rotatable bonds is 8. The molecule has 1 amide bonds. The maximum absolute atomic E-state index is 11.7. The number of hydrogen-bond acceptors (Lipinski definition) is 4. The largest absolute Gasteiger partial charge is 0.482 e. The van der Waals surface area contributed by atoms with Gasteiger partial charge in [-0.1, -0.05) is 41.4 Å². The molecule has 0 bridgehead atoms. The summed E-state index contributed by atoms with van der Waals surface area (Å²) >= 11 is 5.91. The Morgan fingerprint density at radius 2 is 1.88 bits per heavy atom. The van der Waals surface area contributed by atoms with Crippen LogP contribution < -0.4 is 10.1 Å². The Morgan fingerprint density at radius 3 is 2.62 bits per heavy atom. The van der Waals surface area contributed by atoms with Gasteiger partial charge < -0.3 is 14.8 Å². The second kappa shape index (κ2) is 9.82. The number of hydrogen-bond donors (Lipinski definition) is 1. The van der Waals surface area contributed by atoms with Crippen molar-refractivity contribution in [1.82, 2.24) is 5.32 Å². The molecular weight excluding hydrogens is 354 g/mol. The van der Waals surface area contributed by atoms with Gasteiger partial charge in [-0.25, -0.2) is 4.79 Å². The average Bonchev–Trinajstić information content (AvgIpc) is 2.59. The van der Waals surface area contributed by atoms with Crippen molar-refractivity contribution in [2.24, 2.45) is 0 Å². The van der Waals surface area contributed by atoms with E-state index in [2.05, 4.69) is 5.32 Å². The lowest BCUT2D eigenvalue weighted by Gasteiger charge is -2.10. The van der Waals surface area contributed by atoms with Gasteiger partial charge in [-0.2, -0.15) is 0 Å². The number of aryl methyl sites for hydroxylation is 2. The second-order valence-electron chi connectivity index (χ2n) is 5.95. The third-order valence-electron chi connectivity index (χ3n) is 3.67. The van der Waals surface area contributed by atoms with Gasteiger partial charge in [-0.3, -0.25) is 4.79 Å². The summed E-state index contributed by atoms with van der Waals surface area (Å²) < 4.78 is 10.3. The SMILES string of the molecule is Cc1ccc(OCC(=O)OCC(=O)NCCc2cccc(Cl)c2)c(C)c1. The van der Waals surface area contributed by atoms with E-state index in [4.69, 9.17) is 21.1 Å². The molecule has 138 valence electrons. The first kappa shape index (κ1) is 19.8. The van der Waals surface area contributed by atoms with Gasteiger partial charge in [-0.05, 0) is 49.6 Å². The Bertz CT molecular complexity index is 776. The predicted molar refractivity (Wildman–Crippen MR) is 101 cm³/mol. The van der Waals surface area contributed by atoms with Crippen molar-refractivity contribution in [2.75, 3.05) is 19.8 Å². The van der Waals surface area contributed by atoms with Crippen LogP contribution in [0.15, 0.2) is 42.5 Å². The van der Waals surface area contributed by atoms with E-state index in [9.17, 15) is 9.59 Å². The number of ether oxygens (including phenoxy) is 2. The van der Waals surface area contributed by atoms with Crippen LogP contribution in [0.2, 0.25) is 5.02 Å². The zero-order chi connectivity index (χ0) is 18.9. The minimum atomic E-state index is -0.588. The zero-order valence-electron chi connectivity index (χ0n) is 14.9. The first-order valence-electron chi connectivity index (χ1n) is 8.31. The molecule has 2 aromatic rings. The van der Waals surface area contributed by atoms with Crippen molar-refractivity contribution in [3.05, 3.63) is 64.2 Å². The molecule has 0 aliphatic carbocycles. The van der Waals surface area contributed by atoms with Gasteiger partial charge in [0.15, 0.2) is 13.2 Å². The van der Waals surface area contributed by atoms with Gasteiger partial charge in [0.1, 0.15) is 5.75 Å². The normalized spacial score (nSPS) is 10.3. The zero-order valence-corrected chi connectivity index (χ0v) is 15.6. The third kappa shape index (κ3) is 6.76. The summed E-state index contributed by atoms with van der Waals surface area (Å²) in [5.41, 5.74) is 3.08. The predicted octanol–water partition coefficient (Wildman–Crippen LogP) is 3.24. The molecule has 2 rings (SSSR count). The molecule has 0 aliphatic heterocycles. The third-order valence-corrected chi connectivity index (χ3v) is 3.90. The van der Waals surface area contributed by atoms with E-state index in [1.807, 2.05) is 44.2 Å². The van der Waals surface area contributed by atoms with E-state index in [0.717, 1.165) is 16.7 Å². The lowest BCUT2D eigenvalue weighted by molar-refractivity contribution is -0.150. The summed E-state index contributed by atoms with van der Waals surface area (Å²) in [6.45, 7) is 3.76. The van der Waals surface area contributed by atoms with Crippen molar-refractivity contribution in [2.45, 2.75) is 20.3 Å². The summed E-state index contributed by atoms with van der Waals surface area (Å²) in [7, 11) is 0. The van der Waals surface area contributed by atoms with Crippen LogP contribution in [0.1, 0.15) is 16.7 Å². The smallest absolute Gasteiger partial charge is 0.344 e. The van der Waals surface area contributed by atoms with Gasteiger partial charge in [0.2, 0.25) is 0 Å². The summed E-state index contributed by atoms with van der Waals surface area (Å²) in [6.07, 6.45) is 0.649. The lowest BCUT2D eigenvalue weighted by atomic mass is 10.1. The molecule has 0 unspecified atom stereocenters. The van der Waals surface area contributed by atoms with Gasteiger partial charge in [0.05, 0.1) is 0 Å². The maximum atomic E-state index is 11.7. The first-order valence-corrected chi connectivity index (χ1v) is 8.68. The molecule has 0 aromatic heterocycles. The Labute approximate surface area is 158 Å². The molecule has 2 aromatic carbocycles. The summed E-state index contributed by atoms with van der Waals surface area (Å²) in [5, 5.41) is 3.35. The number of halogens is 1. The molecule has 0 saturated carbocycles. The molecule has 0 atom stereocenters. The van der Waals surface area contributed by atoms with E-state index >= 15 is 0 Å². The molecule has 0 spiro atoms. The van der Waals surface area contributed by atoms with Gasteiger partial charge in [0.25, 0.3) is 5.91 Å². The van der Waals surface area contributed by atoms with Crippen LogP contribution in [0.3, 0.4) is 0 Å². The topological polar surface area (TPSA) is 64.6 Å². The van der Waals surface area contributed by atoms with Crippen molar-refractivity contribution < 1.29 is 19.1 Å². The highest BCUT2D eigenvalue weighted by atomic mass is 35.5. The van der Waals surface area contributed by atoms with Crippen LogP contribution >= 0.6 is 11.6 Å². The number of benzene rings is 2. The molecule has 0 saturated heterocycles. The van der Waals surface area contributed by atoms with E-state index in [0.29, 0.717) is 23.7 Å². The summed E-state index contributed by atoms with van der Waals surface area (Å²) in [5.74, 6) is -0.319. The molecule has 26 heavy (non-hydrogen) atoms. The highest BCUT2D eigenvalue weighted by molar-refractivity contribution is 6.30. The Balaban J connectivity index is 1.64. The second-order valence-corrected chi connectivity index (χ2v) is 6.38. The van der Waals surface area contributed by atoms with Crippen LogP contribution in [-0.4, -0.2) is 31.6 Å². The molecular formula is C20H22ClNO4. The standard InChI is InChI=1S/C20H22ClNO4/c1-14-6-7-18(15(2)10-14)25-13-20(24)26-12-19(23)22-9-8-16-4-3-5-17(21)11-16/h3-7,10-11H,8-9,12-13H2,1-2H3,(H,22,23). The van der Waals surface area contributed by atoms with Crippen molar-refractivity contribution in [1.29, 1.82) is 0 Å². The molecule has 0 radical (unpaired) electrons. The first-order chi connectivity index (χ1) is 12.4. The minimum absolute atomic E-state index is 0.236. The van der Waals surface area contributed by atoms with Crippen LogP contribution in [0.5, 0.6) is 5.75 Å². The molecule has 5 nitrogen and oxygen atoms in total. The lowest BCUT2D eigenvalue weighted by Crippen LogP contribution is -2.31. The molecule has 0 aliphatic rings. The molecule has 1 N–H and O–H groups in total. The van der Waals surface area contributed by atoms with Crippen LogP contribution in [0.25, 0.3) is 0 Å². The Morgan fingerprint density at radius 1 is 1.08 bits per heavy atom. The number of esters is 1. The van der Waals surface area contributed by atoms with E-state index in [1.165, 1.54) is 0 Å². The number of carbonyl (C=O) groups excluding carboxylic acids is 2. The summed E-state index contributed by atoms with van der Waals surface area (Å²) in [6, 6.07) is 13.1. The number of nitrogens with one attached hydrogen (secondary N) is 1. The Hall–Kier alpha value is -2.53. The van der Waals surface area contributed by atoms with Crippen LogP contribution in [0, 0.1) is 13.8 Å². The Kier molecular flexibility index (Phi) is 7.48. The average molecular weight is 376 g/mol.